The summed E-state index contributed by atoms with van der Waals surface area (Å²) in [6.45, 7) is 0. The van der Waals surface area contributed by atoms with Crippen molar-refractivity contribution in [1.82, 2.24) is 5.32 Å². The van der Waals surface area contributed by atoms with E-state index in [9.17, 15) is 18.0 Å². The second-order valence-electron chi connectivity index (χ2n) is 8.57. The molecule has 0 bridgehead atoms. The van der Waals surface area contributed by atoms with E-state index in [2.05, 4.69) is 21.2 Å². The molecule has 0 unspecified atom stereocenters. The number of carbonyl (C=O) groups is 2. The van der Waals surface area contributed by atoms with Gasteiger partial charge in [-0.25, -0.2) is 0 Å². The third-order valence-corrected chi connectivity index (χ3v) is 8.37. The quantitative estimate of drug-likeness (QED) is 0.490. The maximum absolute atomic E-state index is 13.1. The van der Waals surface area contributed by atoms with Crippen LogP contribution in [0.3, 0.4) is 0 Å². The Morgan fingerprint density at radius 3 is 2.06 bits per heavy atom. The molecule has 34 heavy (non-hydrogen) atoms. The van der Waals surface area contributed by atoms with Crippen molar-refractivity contribution in [2.75, 3.05) is 0 Å². The number of halogens is 2. The molecular formula is C25H21BrClNO5S. The number of dihydropyridines is 1. The molecule has 1 aliphatic heterocycles. The summed E-state index contributed by atoms with van der Waals surface area (Å²) in [4.78, 5) is 26.2. The zero-order valence-electron chi connectivity index (χ0n) is 18.1. The third-order valence-electron chi connectivity index (χ3n) is 6.38. The largest absolute Gasteiger partial charge is 0.379 e. The van der Waals surface area contributed by atoms with Crippen molar-refractivity contribution in [2.24, 2.45) is 0 Å². The average molecular weight is 563 g/mol. The summed E-state index contributed by atoms with van der Waals surface area (Å²) >= 11 is 9.37. The van der Waals surface area contributed by atoms with Gasteiger partial charge >= 0.3 is 10.1 Å². The minimum absolute atomic E-state index is 0.0323. The van der Waals surface area contributed by atoms with E-state index in [1.807, 2.05) is 0 Å². The van der Waals surface area contributed by atoms with Crippen LogP contribution >= 0.6 is 27.5 Å². The van der Waals surface area contributed by atoms with Crippen molar-refractivity contribution >= 4 is 49.2 Å². The van der Waals surface area contributed by atoms with Crippen LogP contribution in [0.2, 0.25) is 5.02 Å². The van der Waals surface area contributed by atoms with Crippen molar-refractivity contribution in [3.8, 4) is 5.75 Å². The lowest BCUT2D eigenvalue weighted by Crippen LogP contribution is -2.36. The average Bonchev–Trinajstić information content (AvgIpc) is 2.79. The molecule has 5 rings (SSSR count). The summed E-state index contributed by atoms with van der Waals surface area (Å²) in [5.74, 6) is -0.662. The van der Waals surface area contributed by atoms with Crippen LogP contribution in [0.25, 0.3) is 0 Å². The molecule has 176 valence electrons. The van der Waals surface area contributed by atoms with Crippen LogP contribution in [0, 0.1) is 0 Å². The lowest BCUT2D eigenvalue weighted by atomic mass is 9.71. The van der Waals surface area contributed by atoms with Gasteiger partial charge in [-0.15, -0.1) is 0 Å². The molecule has 0 amide bonds. The van der Waals surface area contributed by atoms with Gasteiger partial charge < -0.3 is 9.50 Å². The molecule has 6 nitrogen and oxygen atoms in total. The summed E-state index contributed by atoms with van der Waals surface area (Å²) in [5.41, 5.74) is 3.18. The smallest absolute Gasteiger partial charge is 0.339 e. The van der Waals surface area contributed by atoms with E-state index in [1.54, 1.807) is 18.2 Å². The fourth-order valence-corrected chi connectivity index (χ4v) is 6.34. The second-order valence-corrected chi connectivity index (χ2v) is 11.5. The highest BCUT2D eigenvalue weighted by Crippen LogP contribution is 2.48. The van der Waals surface area contributed by atoms with Gasteiger partial charge in [0, 0.05) is 56.4 Å². The van der Waals surface area contributed by atoms with Crippen LogP contribution in [0.1, 0.15) is 50.0 Å². The maximum atomic E-state index is 13.1. The van der Waals surface area contributed by atoms with Gasteiger partial charge in [0.15, 0.2) is 11.6 Å². The molecule has 1 heterocycles. The Balaban J connectivity index is 1.67. The van der Waals surface area contributed by atoms with Gasteiger partial charge in [-0.3, -0.25) is 9.59 Å². The van der Waals surface area contributed by atoms with E-state index in [4.69, 9.17) is 15.8 Å². The molecule has 0 fully saturated rings. The summed E-state index contributed by atoms with van der Waals surface area (Å²) in [7, 11) is -4.18. The molecule has 2 aliphatic carbocycles. The molecule has 0 radical (unpaired) electrons. The molecule has 2 aromatic carbocycles. The highest BCUT2D eigenvalue weighted by atomic mass is 79.9. The molecule has 9 heteroatoms. The number of ketones is 2. The Labute approximate surface area is 211 Å². The van der Waals surface area contributed by atoms with E-state index in [0.717, 1.165) is 24.2 Å². The van der Waals surface area contributed by atoms with E-state index in [1.165, 1.54) is 24.3 Å². The Morgan fingerprint density at radius 2 is 1.47 bits per heavy atom. The van der Waals surface area contributed by atoms with Crippen LogP contribution < -0.4 is 9.50 Å². The first-order valence-corrected chi connectivity index (χ1v) is 13.6. The number of allylic oxidation sites excluding steroid dienone is 4. The normalized spacial score (nSPS) is 19.0. The molecule has 1 N–H and O–H groups in total. The maximum Gasteiger partial charge on any atom is 0.339 e. The highest BCUT2D eigenvalue weighted by molar-refractivity contribution is 9.10. The van der Waals surface area contributed by atoms with Crippen molar-refractivity contribution < 1.29 is 22.2 Å². The molecule has 0 saturated carbocycles. The Kier molecular flexibility index (Phi) is 6.16. The van der Waals surface area contributed by atoms with Crippen molar-refractivity contribution in [3.63, 3.8) is 0 Å². The predicted molar refractivity (Wildman–Crippen MR) is 131 cm³/mol. The minimum Gasteiger partial charge on any atom is -0.379 e. The first-order valence-electron chi connectivity index (χ1n) is 11.0. The van der Waals surface area contributed by atoms with E-state index >= 15 is 0 Å². The van der Waals surface area contributed by atoms with Gasteiger partial charge in [0.1, 0.15) is 10.6 Å². The van der Waals surface area contributed by atoms with Crippen LogP contribution in [-0.2, 0) is 19.7 Å². The second kappa shape index (κ2) is 8.98. The van der Waals surface area contributed by atoms with Gasteiger partial charge in [-0.05, 0) is 68.1 Å². The van der Waals surface area contributed by atoms with Gasteiger partial charge in [0.25, 0.3) is 0 Å². The molecule has 0 aromatic heterocycles. The topological polar surface area (TPSA) is 89.5 Å². The third kappa shape index (κ3) is 4.23. The standard InChI is InChI=1S/C25H21BrClNO5S/c26-14-7-12-22(33-34(31,32)16-10-8-15(27)9-11-16)17(13-14)23-24-18(3-1-5-20(24)29)28-19-4-2-6-21(30)25(19)23/h7-13,23,28H,1-6H2. The number of hydrogen-bond acceptors (Lipinski definition) is 6. The van der Waals surface area contributed by atoms with Crippen molar-refractivity contribution in [2.45, 2.75) is 49.3 Å². The van der Waals surface area contributed by atoms with Crippen LogP contribution in [-0.4, -0.2) is 20.0 Å². The fraction of sp³-hybridized carbons (Fsp3) is 0.280. The monoisotopic (exact) mass is 561 g/mol. The van der Waals surface area contributed by atoms with Gasteiger partial charge in [-0.1, -0.05) is 27.5 Å². The van der Waals surface area contributed by atoms with Crippen molar-refractivity contribution in [3.05, 3.63) is 80.1 Å². The highest BCUT2D eigenvalue weighted by Gasteiger charge is 2.41. The van der Waals surface area contributed by atoms with Crippen molar-refractivity contribution in [1.29, 1.82) is 0 Å². The SMILES string of the molecule is O=C1CCCC2=C1C(c1cc(Br)ccc1OS(=O)(=O)c1ccc(Cl)cc1)C1=C(CCCC1=O)N2. The zero-order chi connectivity index (χ0) is 24.0. The van der Waals surface area contributed by atoms with Crippen LogP contribution in [0.15, 0.2) is 74.4 Å². The minimum atomic E-state index is -4.18. The molecule has 0 atom stereocenters. The molecule has 2 aromatic rings. The first-order chi connectivity index (χ1) is 16.2. The van der Waals surface area contributed by atoms with Crippen LogP contribution in [0.4, 0.5) is 0 Å². The molecule has 0 saturated heterocycles. The summed E-state index contributed by atoms with van der Waals surface area (Å²) < 4.78 is 32.5. The van der Waals surface area contributed by atoms with E-state index in [-0.39, 0.29) is 22.2 Å². The van der Waals surface area contributed by atoms with Gasteiger partial charge in [0.2, 0.25) is 0 Å². The Morgan fingerprint density at radius 1 is 0.882 bits per heavy atom. The Bertz CT molecular complexity index is 1340. The summed E-state index contributed by atoms with van der Waals surface area (Å²) in [6.07, 6.45) is 3.66. The zero-order valence-corrected chi connectivity index (χ0v) is 21.2. The number of carbonyl (C=O) groups excluding carboxylic acids is 2. The van der Waals surface area contributed by atoms with E-state index in [0.29, 0.717) is 51.9 Å². The first kappa shape index (κ1) is 23.3. The predicted octanol–water partition coefficient (Wildman–Crippen LogP) is 5.57. The lowest BCUT2D eigenvalue weighted by Gasteiger charge is -2.37. The Hall–Kier alpha value is -2.42. The van der Waals surface area contributed by atoms with Gasteiger partial charge in [0.05, 0.1) is 0 Å². The summed E-state index contributed by atoms with van der Waals surface area (Å²) in [5, 5.41) is 3.77. The van der Waals surface area contributed by atoms with E-state index < -0.39 is 16.0 Å². The fourth-order valence-electron chi connectivity index (χ4n) is 4.88. The molecule has 0 spiro atoms. The number of nitrogens with one attached hydrogen (secondary N) is 1. The van der Waals surface area contributed by atoms with Gasteiger partial charge in [-0.2, -0.15) is 8.42 Å². The number of Topliss-reactive ketones (excluding diaryl/α,β-unsaturated/α-hetero) is 2. The number of rotatable bonds is 4. The number of hydrogen-bond donors (Lipinski definition) is 1. The summed E-state index contributed by atoms with van der Waals surface area (Å²) in [6, 6.07) is 10.7. The lowest BCUT2D eigenvalue weighted by molar-refractivity contribution is -0.116. The molecule has 3 aliphatic rings. The molecular weight excluding hydrogens is 542 g/mol. The van der Waals surface area contributed by atoms with Crippen LogP contribution in [0.5, 0.6) is 5.75 Å². The number of benzene rings is 2.